The number of aryl methyl sites for hydroxylation is 1. The molecule has 2 heterocycles. The number of rotatable bonds is 6. The van der Waals surface area contributed by atoms with E-state index in [0.717, 1.165) is 12.0 Å². The number of hydrogen-bond acceptors (Lipinski definition) is 8. The van der Waals surface area contributed by atoms with Crippen molar-refractivity contribution in [2.45, 2.75) is 32.7 Å². The van der Waals surface area contributed by atoms with Crippen molar-refractivity contribution in [2.24, 2.45) is 5.10 Å². The number of nitro groups is 1. The molecule has 36 heavy (non-hydrogen) atoms. The second-order valence-electron chi connectivity index (χ2n) is 8.39. The monoisotopic (exact) mass is 490 g/mol. The molecule has 1 aliphatic heterocycles. The zero-order chi connectivity index (χ0) is 25.2. The molecule has 2 amide bonds. The molecule has 184 valence electrons. The number of amides is 2. The Morgan fingerprint density at radius 2 is 1.92 bits per heavy atom. The summed E-state index contributed by atoms with van der Waals surface area (Å²) in [4.78, 5) is 35.8. The van der Waals surface area contributed by atoms with Gasteiger partial charge in [-0.05, 0) is 43.5 Å². The van der Waals surface area contributed by atoms with Gasteiger partial charge in [-0.15, -0.1) is 0 Å². The van der Waals surface area contributed by atoms with E-state index in [2.05, 4.69) is 15.8 Å². The van der Waals surface area contributed by atoms with Gasteiger partial charge in [-0.2, -0.15) is 5.10 Å². The van der Waals surface area contributed by atoms with Gasteiger partial charge in [-0.25, -0.2) is 5.43 Å². The Labute approximate surface area is 205 Å². The van der Waals surface area contributed by atoms with E-state index in [-0.39, 0.29) is 36.3 Å². The van der Waals surface area contributed by atoms with E-state index >= 15 is 0 Å². The summed E-state index contributed by atoms with van der Waals surface area (Å²) < 4.78 is 16.6. The highest BCUT2D eigenvalue weighted by atomic mass is 16.7. The molecule has 2 N–H and O–H groups in total. The Bertz CT molecular complexity index is 1410. The number of hydrogen-bond donors (Lipinski definition) is 2. The van der Waals surface area contributed by atoms with Gasteiger partial charge in [-0.3, -0.25) is 19.7 Å². The normalized spacial score (nSPS) is 14.9. The van der Waals surface area contributed by atoms with Crippen molar-refractivity contribution in [3.05, 3.63) is 86.4 Å². The molecule has 0 spiro atoms. The van der Waals surface area contributed by atoms with Crippen LogP contribution in [0.5, 0.6) is 11.5 Å². The lowest BCUT2D eigenvalue weighted by Crippen LogP contribution is -2.23. The Balaban J connectivity index is 1.30. The van der Waals surface area contributed by atoms with Crippen molar-refractivity contribution in [3.8, 4) is 11.5 Å². The Kier molecular flexibility index (Phi) is 6.11. The van der Waals surface area contributed by atoms with E-state index in [4.69, 9.17) is 13.9 Å². The van der Waals surface area contributed by atoms with Crippen LogP contribution in [-0.2, 0) is 13.0 Å². The van der Waals surface area contributed by atoms with Crippen LogP contribution >= 0.6 is 0 Å². The maximum absolute atomic E-state index is 12.9. The minimum absolute atomic E-state index is 0.122. The zero-order valence-electron chi connectivity index (χ0n) is 19.3. The Morgan fingerprint density at radius 3 is 2.75 bits per heavy atom. The molecular weight excluding hydrogens is 468 g/mol. The highest BCUT2D eigenvalue weighted by Gasteiger charge is 2.28. The van der Waals surface area contributed by atoms with Crippen molar-refractivity contribution in [1.82, 2.24) is 10.7 Å². The summed E-state index contributed by atoms with van der Waals surface area (Å²) in [6.07, 6.45) is 1.97. The summed E-state index contributed by atoms with van der Waals surface area (Å²) in [7, 11) is 0. The van der Waals surface area contributed by atoms with Crippen molar-refractivity contribution in [3.63, 3.8) is 0 Å². The Hall–Kier alpha value is -4.67. The standard InChI is InChI=1S/C25H22N4O7/c1-14-22-18(27-28-24(30)16-4-2-5-17(11-16)29(32)33)6-3-7-20(22)36-23(14)25(31)26-12-15-8-9-19-21(10-15)35-13-34-19/h2,4-5,8-11H,3,6-7,12-13H2,1H3,(H,26,31)(H,28,30)/b27-18+. The number of furan rings is 1. The van der Waals surface area contributed by atoms with Gasteiger partial charge in [0.05, 0.1) is 10.6 Å². The topological polar surface area (TPSA) is 145 Å². The first kappa shape index (κ1) is 23.1. The van der Waals surface area contributed by atoms with E-state index < -0.39 is 10.8 Å². The summed E-state index contributed by atoms with van der Waals surface area (Å²) in [5.74, 6) is 1.21. The van der Waals surface area contributed by atoms with Crippen LogP contribution in [0.15, 0.2) is 52.0 Å². The van der Waals surface area contributed by atoms with E-state index in [0.29, 0.717) is 46.9 Å². The average molecular weight is 490 g/mol. The van der Waals surface area contributed by atoms with E-state index in [1.54, 1.807) is 13.0 Å². The number of nitrogens with one attached hydrogen (secondary N) is 2. The minimum Gasteiger partial charge on any atom is -0.455 e. The van der Waals surface area contributed by atoms with Crippen LogP contribution in [0.3, 0.4) is 0 Å². The van der Waals surface area contributed by atoms with E-state index in [9.17, 15) is 19.7 Å². The third-order valence-electron chi connectivity index (χ3n) is 6.03. The maximum atomic E-state index is 12.9. The van der Waals surface area contributed by atoms with Crippen molar-refractivity contribution < 1.29 is 28.4 Å². The lowest BCUT2D eigenvalue weighted by Gasteiger charge is -2.13. The van der Waals surface area contributed by atoms with Crippen molar-refractivity contribution >= 4 is 23.2 Å². The molecule has 0 atom stereocenters. The summed E-state index contributed by atoms with van der Waals surface area (Å²) in [5.41, 5.74) is 5.19. The highest BCUT2D eigenvalue weighted by molar-refractivity contribution is 6.07. The van der Waals surface area contributed by atoms with Gasteiger partial charge in [0, 0.05) is 41.8 Å². The number of non-ortho nitro benzene ring substituents is 1. The first-order chi connectivity index (χ1) is 17.4. The molecule has 5 rings (SSSR count). The summed E-state index contributed by atoms with van der Waals surface area (Å²) in [5, 5.41) is 18.1. The van der Waals surface area contributed by atoms with Crippen molar-refractivity contribution in [2.75, 3.05) is 6.79 Å². The maximum Gasteiger partial charge on any atom is 0.287 e. The highest BCUT2D eigenvalue weighted by Crippen LogP contribution is 2.33. The quantitative estimate of drug-likeness (QED) is 0.396. The second kappa shape index (κ2) is 9.53. The van der Waals surface area contributed by atoms with Gasteiger partial charge in [-0.1, -0.05) is 12.1 Å². The van der Waals surface area contributed by atoms with Gasteiger partial charge >= 0.3 is 0 Å². The third kappa shape index (κ3) is 4.50. The number of ether oxygens (including phenoxy) is 2. The average Bonchev–Trinajstić information content (AvgIpc) is 3.50. The predicted molar refractivity (Wildman–Crippen MR) is 127 cm³/mol. The molecular formula is C25H22N4O7. The number of fused-ring (bicyclic) bond motifs is 2. The summed E-state index contributed by atoms with van der Waals surface area (Å²) in [6, 6.07) is 10.9. The van der Waals surface area contributed by atoms with Crippen LogP contribution in [0.2, 0.25) is 0 Å². The summed E-state index contributed by atoms with van der Waals surface area (Å²) >= 11 is 0. The fourth-order valence-corrected chi connectivity index (χ4v) is 4.25. The van der Waals surface area contributed by atoms with Crippen LogP contribution in [0.4, 0.5) is 5.69 Å². The van der Waals surface area contributed by atoms with Gasteiger partial charge in [0.25, 0.3) is 17.5 Å². The smallest absolute Gasteiger partial charge is 0.287 e. The molecule has 3 aromatic rings. The predicted octanol–water partition coefficient (Wildman–Crippen LogP) is 3.63. The van der Waals surface area contributed by atoms with Crippen LogP contribution < -0.4 is 20.2 Å². The van der Waals surface area contributed by atoms with Gasteiger partial charge in [0.15, 0.2) is 17.3 Å². The van der Waals surface area contributed by atoms with Crippen LogP contribution in [0.1, 0.15) is 56.2 Å². The van der Waals surface area contributed by atoms with Gasteiger partial charge in [0.1, 0.15) is 5.76 Å². The zero-order valence-corrected chi connectivity index (χ0v) is 19.3. The van der Waals surface area contributed by atoms with E-state index in [1.165, 1.54) is 24.3 Å². The first-order valence-electron chi connectivity index (χ1n) is 11.3. The number of hydrazone groups is 1. The Morgan fingerprint density at radius 1 is 1.08 bits per heavy atom. The lowest BCUT2D eigenvalue weighted by molar-refractivity contribution is -0.384. The van der Waals surface area contributed by atoms with Crippen LogP contribution in [0.25, 0.3) is 0 Å². The first-order valence-corrected chi connectivity index (χ1v) is 11.3. The third-order valence-corrected chi connectivity index (χ3v) is 6.03. The lowest BCUT2D eigenvalue weighted by atomic mass is 9.93. The SMILES string of the molecule is Cc1c(C(=O)NCc2ccc3c(c2)OCO3)oc2c1/C(=N/NC(=O)c1cccc([N+](=O)[O-])c1)CCC2. The molecule has 0 unspecified atom stereocenters. The number of benzene rings is 2. The molecule has 0 bridgehead atoms. The van der Waals surface area contributed by atoms with Gasteiger partial charge < -0.3 is 19.2 Å². The molecule has 1 aromatic heterocycles. The molecule has 0 saturated heterocycles. The summed E-state index contributed by atoms with van der Waals surface area (Å²) in [6.45, 7) is 2.24. The fourth-order valence-electron chi connectivity index (χ4n) is 4.25. The number of nitro benzene ring substituents is 1. The molecule has 1 aliphatic carbocycles. The molecule has 2 aromatic carbocycles. The molecule has 0 fully saturated rings. The van der Waals surface area contributed by atoms with Gasteiger partial charge in [0.2, 0.25) is 6.79 Å². The largest absolute Gasteiger partial charge is 0.455 e. The second-order valence-corrected chi connectivity index (χ2v) is 8.39. The molecule has 0 radical (unpaired) electrons. The van der Waals surface area contributed by atoms with E-state index in [1.807, 2.05) is 12.1 Å². The molecule has 2 aliphatic rings. The fraction of sp³-hybridized carbons (Fsp3) is 0.240. The molecule has 0 saturated carbocycles. The number of carbonyl (C=O) groups excluding carboxylic acids is 2. The van der Waals surface area contributed by atoms with Crippen LogP contribution in [-0.4, -0.2) is 29.2 Å². The molecule has 11 heteroatoms. The number of carbonyl (C=O) groups is 2. The van der Waals surface area contributed by atoms with Crippen LogP contribution in [0, 0.1) is 17.0 Å². The number of nitrogens with zero attached hydrogens (tertiary/aromatic N) is 2. The minimum atomic E-state index is -0.568. The van der Waals surface area contributed by atoms with Crippen molar-refractivity contribution in [1.29, 1.82) is 0 Å². The molecule has 11 nitrogen and oxygen atoms in total.